The minimum atomic E-state index is -0.447. The molecule has 1 aliphatic rings. The first-order valence-electron chi connectivity index (χ1n) is 9.01. The van der Waals surface area contributed by atoms with Crippen molar-refractivity contribution in [2.45, 2.75) is 39.2 Å². The number of Topliss-reactive ketones (excluding diaryl/α,β-unsaturated/α-hetero) is 1. The van der Waals surface area contributed by atoms with Gasteiger partial charge in [0.2, 0.25) is 11.8 Å². The molecule has 1 fully saturated rings. The highest BCUT2D eigenvalue weighted by Crippen LogP contribution is 2.13. The predicted octanol–water partition coefficient (Wildman–Crippen LogP) is 1.95. The quantitative estimate of drug-likeness (QED) is 0.584. The number of benzene rings is 1. The lowest BCUT2D eigenvalue weighted by Crippen LogP contribution is -2.47. The summed E-state index contributed by atoms with van der Waals surface area (Å²) >= 11 is 0. The van der Waals surface area contributed by atoms with Gasteiger partial charge in [-0.15, -0.1) is 0 Å². The first-order chi connectivity index (χ1) is 12.9. The summed E-state index contributed by atoms with van der Waals surface area (Å²) in [6.45, 7) is 4.55. The van der Waals surface area contributed by atoms with E-state index in [2.05, 4.69) is 10.6 Å². The fourth-order valence-corrected chi connectivity index (χ4v) is 2.87. The van der Waals surface area contributed by atoms with Crippen LogP contribution in [0.25, 0.3) is 0 Å². The zero-order valence-corrected chi connectivity index (χ0v) is 15.6. The Morgan fingerprint density at radius 3 is 2.48 bits per heavy atom. The lowest BCUT2D eigenvalue weighted by molar-refractivity contribution is -0.127. The van der Waals surface area contributed by atoms with Crippen molar-refractivity contribution in [2.24, 2.45) is 0 Å². The Morgan fingerprint density at radius 1 is 1.15 bits per heavy atom. The topological polar surface area (TPSA) is 105 Å². The van der Waals surface area contributed by atoms with Crippen LogP contribution in [0.4, 0.5) is 10.5 Å². The van der Waals surface area contributed by atoms with E-state index in [0.717, 1.165) is 0 Å². The van der Waals surface area contributed by atoms with Gasteiger partial charge in [-0.1, -0.05) is 12.1 Å². The van der Waals surface area contributed by atoms with Crippen LogP contribution in [0, 0.1) is 0 Å². The SMILES string of the molecule is CCOC(=O)N1CCC(NC(=O)CC(=O)Nc2cccc(C(C)=O)c2)CC1. The Hall–Kier alpha value is -2.90. The first-order valence-corrected chi connectivity index (χ1v) is 9.01. The summed E-state index contributed by atoms with van der Waals surface area (Å²) in [4.78, 5) is 48.7. The van der Waals surface area contributed by atoms with Crippen LogP contribution in [0.1, 0.15) is 43.5 Å². The second-order valence-corrected chi connectivity index (χ2v) is 6.39. The third-order valence-electron chi connectivity index (χ3n) is 4.26. The number of carbonyl (C=O) groups excluding carboxylic acids is 4. The molecule has 1 aromatic rings. The molecule has 2 rings (SSSR count). The molecule has 1 saturated heterocycles. The number of rotatable bonds is 6. The molecule has 0 atom stereocenters. The number of anilines is 1. The van der Waals surface area contributed by atoms with Gasteiger partial charge >= 0.3 is 6.09 Å². The summed E-state index contributed by atoms with van der Waals surface area (Å²) in [5.41, 5.74) is 0.967. The number of amides is 3. The monoisotopic (exact) mass is 375 g/mol. The largest absolute Gasteiger partial charge is 0.450 e. The molecule has 146 valence electrons. The fraction of sp³-hybridized carbons (Fsp3) is 0.474. The van der Waals surface area contributed by atoms with Crippen molar-refractivity contribution in [3.63, 3.8) is 0 Å². The van der Waals surface area contributed by atoms with Crippen LogP contribution in [0.2, 0.25) is 0 Å². The van der Waals surface area contributed by atoms with Crippen LogP contribution in [0.5, 0.6) is 0 Å². The van der Waals surface area contributed by atoms with Crippen LogP contribution in [-0.4, -0.2) is 54.3 Å². The number of nitrogens with one attached hydrogen (secondary N) is 2. The van der Waals surface area contributed by atoms with Crippen LogP contribution in [0.15, 0.2) is 24.3 Å². The van der Waals surface area contributed by atoms with Crippen LogP contribution in [-0.2, 0) is 14.3 Å². The molecular formula is C19H25N3O5. The molecule has 1 heterocycles. The van der Waals surface area contributed by atoms with E-state index in [1.54, 1.807) is 36.1 Å². The molecule has 8 heteroatoms. The Balaban J connectivity index is 1.76. The van der Waals surface area contributed by atoms with Gasteiger partial charge in [0, 0.05) is 30.4 Å². The van der Waals surface area contributed by atoms with Crippen molar-refractivity contribution in [3.8, 4) is 0 Å². The fourth-order valence-electron chi connectivity index (χ4n) is 2.87. The minimum Gasteiger partial charge on any atom is -0.450 e. The number of likely N-dealkylation sites (tertiary alicyclic amines) is 1. The average Bonchev–Trinajstić information content (AvgIpc) is 2.62. The van der Waals surface area contributed by atoms with E-state index < -0.39 is 5.91 Å². The minimum absolute atomic E-state index is 0.0722. The third-order valence-corrected chi connectivity index (χ3v) is 4.26. The molecule has 1 aliphatic heterocycles. The lowest BCUT2D eigenvalue weighted by atomic mass is 10.1. The Bertz CT molecular complexity index is 711. The second-order valence-electron chi connectivity index (χ2n) is 6.39. The van der Waals surface area contributed by atoms with E-state index in [1.165, 1.54) is 6.92 Å². The molecular weight excluding hydrogens is 350 g/mol. The maximum Gasteiger partial charge on any atom is 0.409 e. The van der Waals surface area contributed by atoms with Crippen molar-refractivity contribution in [2.75, 3.05) is 25.0 Å². The maximum atomic E-state index is 12.1. The van der Waals surface area contributed by atoms with Gasteiger partial charge in [0.1, 0.15) is 6.42 Å². The molecule has 0 unspecified atom stereocenters. The molecule has 0 bridgehead atoms. The summed E-state index contributed by atoms with van der Waals surface area (Å²) in [6, 6.07) is 6.49. The zero-order chi connectivity index (χ0) is 19.8. The van der Waals surface area contributed by atoms with Gasteiger partial charge in [-0.2, -0.15) is 0 Å². The summed E-state index contributed by atoms with van der Waals surface area (Å²) < 4.78 is 4.96. The summed E-state index contributed by atoms with van der Waals surface area (Å²) in [5.74, 6) is -0.917. The lowest BCUT2D eigenvalue weighted by Gasteiger charge is -2.31. The molecule has 0 aliphatic carbocycles. The predicted molar refractivity (Wildman–Crippen MR) is 99.5 cm³/mol. The van der Waals surface area contributed by atoms with Gasteiger partial charge in [-0.3, -0.25) is 14.4 Å². The number of nitrogens with zero attached hydrogens (tertiary/aromatic N) is 1. The summed E-state index contributed by atoms with van der Waals surface area (Å²) in [6.07, 6.45) is 0.594. The maximum absolute atomic E-state index is 12.1. The van der Waals surface area contributed by atoms with Crippen molar-refractivity contribution < 1.29 is 23.9 Å². The van der Waals surface area contributed by atoms with E-state index >= 15 is 0 Å². The number of hydrogen-bond donors (Lipinski definition) is 2. The normalized spacial score (nSPS) is 14.4. The van der Waals surface area contributed by atoms with E-state index in [4.69, 9.17) is 4.74 Å². The van der Waals surface area contributed by atoms with Crippen LogP contribution >= 0.6 is 0 Å². The zero-order valence-electron chi connectivity index (χ0n) is 15.6. The molecule has 2 N–H and O–H groups in total. The van der Waals surface area contributed by atoms with Gasteiger partial charge in [-0.25, -0.2) is 4.79 Å². The number of ether oxygens (including phenoxy) is 1. The van der Waals surface area contributed by atoms with Crippen LogP contribution < -0.4 is 10.6 Å². The van der Waals surface area contributed by atoms with E-state index in [1.807, 2.05) is 0 Å². The highest BCUT2D eigenvalue weighted by Gasteiger charge is 2.25. The molecule has 0 spiro atoms. The number of carbonyl (C=O) groups is 4. The van der Waals surface area contributed by atoms with Gasteiger partial charge in [0.05, 0.1) is 6.61 Å². The summed E-state index contributed by atoms with van der Waals surface area (Å²) in [5, 5.41) is 5.44. The second kappa shape index (κ2) is 9.70. The Kier molecular flexibility index (Phi) is 7.34. The number of ketones is 1. The highest BCUT2D eigenvalue weighted by molar-refractivity contribution is 6.04. The molecule has 1 aromatic carbocycles. The standard InChI is InChI=1S/C19H25N3O5/c1-3-27-19(26)22-9-7-15(8-10-22)20-17(24)12-18(25)21-16-6-4-5-14(11-16)13(2)23/h4-6,11,15H,3,7-10,12H2,1-2H3,(H,20,24)(H,21,25). The van der Waals surface area contributed by atoms with E-state index in [9.17, 15) is 19.2 Å². The van der Waals surface area contributed by atoms with Gasteiger partial charge in [-0.05, 0) is 38.8 Å². The third kappa shape index (κ3) is 6.40. The molecule has 3 amide bonds. The van der Waals surface area contributed by atoms with Crippen LogP contribution in [0.3, 0.4) is 0 Å². The molecule has 0 aromatic heterocycles. The number of hydrogen-bond acceptors (Lipinski definition) is 5. The van der Waals surface area contributed by atoms with Crippen molar-refractivity contribution >= 4 is 29.4 Å². The Morgan fingerprint density at radius 2 is 1.85 bits per heavy atom. The smallest absolute Gasteiger partial charge is 0.409 e. The molecule has 8 nitrogen and oxygen atoms in total. The Labute approximate surface area is 158 Å². The molecule has 27 heavy (non-hydrogen) atoms. The van der Waals surface area contributed by atoms with Crippen molar-refractivity contribution in [1.29, 1.82) is 0 Å². The van der Waals surface area contributed by atoms with Gasteiger partial charge < -0.3 is 20.3 Å². The van der Waals surface area contributed by atoms with E-state index in [-0.39, 0.29) is 30.2 Å². The van der Waals surface area contributed by atoms with Crippen molar-refractivity contribution in [3.05, 3.63) is 29.8 Å². The van der Waals surface area contributed by atoms with Gasteiger partial charge in [0.25, 0.3) is 0 Å². The number of piperidine rings is 1. The molecule has 0 radical (unpaired) electrons. The molecule has 0 saturated carbocycles. The summed E-state index contributed by atoms with van der Waals surface area (Å²) in [7, 11) is 0. The first kappa shape index (κ1) is 20.4. The highest BCUT2D eigenvalue weighted by atomic mass is 16.6. The van der Waals surface area contributed by atoms with Crippen molar-refractivity contribution in [1.82, 2.24) is 10.2 Å². The van der Waals surface area contributed by atoms with E-state index in [0.29, 0.717) is 43.8 Å². The average molecular weight is 375 g/mol. The van der Waals surface area contributed by atoms with Gasteiger partial charge in [0.15, 0.2) is 5.78 Å².